The highest BCUT2D eigenvalue weighted by atomic mass is 35.5. The molecule has 104 valence electrons. The van der Waals surface area contributed by atoms with Crippen LogP contribution in [0.3, 0.4) is 0 Å². The maximum Gasteiger partial charge on any atom is 0.0923 e. The van der Waals surface area contributed by atoms with Crippen LogP contribution >= 0.6 is 11.6 Å². The summed E-state index contributed by atoms with van der Waals surface area (Å²) in [6.45, 7) is 1.34. The monoisotopic (exact) mass is 288 g/mol. The first-order valence-electron chi connectivity index (χ1n) is 6.38. The molecule has 2 rings (SSSR count). The summed E-state index contributed by atoms with van der Waals surface area (Å²) in [6.07, 6.45) is 3.90. The first kappa shape index (κ1) is 14.3. The number of nitrogens with one attached hydrogen (secondary N) is 1. The Balaban J connectivity index is 2.18. The van der Waals surface area contributed by atoms with Crippen LogP contribution in [0.2, 0.25) is 5.02 Å². The van der Waals surface area contributed by atoms with E-state index in [1.54, 1.807) is 12.4 Å². The predicted octanol–water partition coefficient (Wildman–Crippen LogP) is 3.07. The molecule has 0 saturated heterocycles. The number of nitrogens with two attached hydrogens (primary N) is 1. The Bertz CT molecular complexity index is 571. The minimum Gasteiger partial charge on any atom is -0.388 e. The van der Waals surface area contributed by atoms with E-state index in [4.69, 9.17) is 22.7 Å². The molecule has 5 heteroatoms. The van der Waals surface area contributed by atoms with Crippen LogP contribution in [0.5, 0.6) is 0 Å². The molecule has 1 aromatic carbocycles. The maximum atomic E-state index is 7.39. The number of anilines is 1. The average molecular weight is 289 g/mol. The topological polar surface area (TPSA) is 66.0 Å². The largest absolute Gasteiger partial charge is 0.388 e. The number of para-hydroxylation sites is 1. The van der Waals surface area contributed by atoms with E-state index >= 15 is 0 Å². The smallest absolute Gasteiger partial charge is 0.0923 e. The fourth-order valence-electron chi connectivity index (χ4n) is 1.93. The number of rotatable bonds is 6. The van der Waals surface area contributed by atoms with E-state index in [0.717, 1.165) is 11.3 Å². The zero-order valence-corrected chi connectivity index (χ0v) is 11.8. The van der Waals surface area contributed by atoms with Crippen LogP contribution in [0, 0.1) is 5.41 Å². The molecule has 1 aromatic heterocycles. The Hall–Kier alpha value is -2.07. The SMILES string of the molecule is N=C(N)CCN(Cc1ccncc1Cl)c1ccccc1. The van der Waals surface area contributed by atoms with E-state index < -0.39 is 0 Å². The van der Waals surface area contributed by atoms with Gasteiger partial charge in [-0.2, -0.15) is 0 Å². The van der Waals surface area contributed by atoms with E-state index in [2.05, 4.69) is 9.88 Å². The summed E-state index contributed by atoms with van der Waals surface area (Å²) in [5.74, 6) is 0.187. The van der Waals surface area contributed by atoms with Gasteiger partial charge >= 0.3 is 0 Å². The van der Waals surface area contributed by atoms with Crippen LogP contribution in [-0.2, 0) is 6.54 Å². The molecular weight excluding hydrogens is 272 g/mol. The van der Waals surface area contributed by atoms with E-state index in [-0.39, 0.29) is 5.84 Å². The van der Waals surface area contributed by atoms with Gasteiger partial charge in [-0.1, -0.05) is 29.8 Å². The van der Waals surface area contributed by atoms with Gasteiger partial charge in [-0.15, -0.1) is 0 Å². The summed E-state index contributed by atoms with van der Waals surface area (Å²) in [6, 6.07) is 11.9. The number of nitrogens with zero attached hydrogens (tertiary/aromatic N) is 2. The molecular formula is C15H17ClN4. The molecule has 2 aromatic rings. The lowest BCUT2D eigenvalue weighted by molar-refractivity contribution is 0.801. The number of hydrogen-bond donors (Lipinski definition) is 2. The fraction of sp³-hybridized carbons (Fsp3) is 0.200. The summed E-state index contributed by atoms with van der Waals surface area (Å²) < 4.78 is 0. The van der Waals surface area contributed by atoms with Crippen molar-refractivity contribution in [1.82, 2.24) is 4.98 Å². The quantitative estimate of drug-likeness (QED) is 0.634. The normalized spacial score (nSPS) is 10.2. The zero-order chi connectivity index (χ0) is 14.4. The predicted molar refractivity (Wildman–Crippen MR) is 83.3 cm³/mol. The third-order valence-electron chi connectivity index (χ3n) is 2.99. The molecule has 4 nitrogen and oxygen atoms in total. The summed E-state index contributed by atoms with van der Waals surface area (Å²) in [4.78, 5) is 6.15. The molecule has 0 bridgehead atoms. The second-order valence-electron chi connectivity index (χ2n) is 4.50. The number of amidine groups is 1. The summed E-state index contributed by atoms with van der Waals surface area (Å²) in [5.41, 5.74) is 7.56. The van der Waals surface area contributed by atoms with Crippen LogP contribution in [0.4, 0.5) is 5.69 Å². The van der Waals surface area contributed by atoms with Crippen molar-refractivity contribution < 1.29 is 0 Å². The molecule has 0 spiro atoms. The Morgan fingerprint density at radius 2 is 2.00 bits per heavy atom. The van der Waals surface area contributed by atoms with E-state index in [0.29, 0.717) is 24.5 Å². The van der Waals surface area contributed by atoms with E-state index in [1.165, 1.54) is 0 Å². The van der Waals surface area contributed by atoms with Crippen molar-refractivity contribution >= 4 is 23.1 Å². The number of aromatic nitrogens is 1. The Labute approximate surface area is 123 Å². The number of halogens is 1. The van der Waals surface area contributed by atoms with Gasteiger partial charge in [0, 0.05) is 37.6 Å². The Morgan fingerprint density at radius 3 is 2.65 bits per heavy atom. The lowest BCUT2D eigenvalue weighted by atomic mass is 10.2. The van der Waals surface area contributed by atoms with Crippen LogP contribution in [0.15, 0.2) is 48.8 Å². The number of pyridine rings is 1. The minimum atomic E-state index is 0.187. The molecule has 0 aliphatic rings. The van der Waals surface area contributed by atoms with Crippen molar-refractivity contribution in [3.05, 3.63) is 59.4 Å². The first-order valence-corrected chi connectivity index (χ1v) is 6.76. The lowest BCUT2D eigenvalue weighted by Gasteiger charge is -2.25. The van der Waals surface area contributed by atoms with E-state index in [1.807, 2.05) is 36.4 Å². The Kier molecular flexibility index (Phi) is 4.96. The van der Waals surface area contributed by atoms with Crippen molar-refractivity contribution in [3.8, 4) is 0 Å². The molecule has 0 atom stereocenters. The summed E-state index contributed by atoms with van der Waals surface area (Å²) in [7, 11) is 0. The van der Waals surface area contributed by atoms with Crippen molar-refractivity contribution in [2.45, 2.75) is 13.0 Å². The first-order chi connectivity index (χ1) is 9.66. The van der Waals surface area contributed by atoms with Crippen LogP contribution in [0.25, 0.3) is 0 Å². The van der Waals surface area contributed by atoms with Gasteiger partial charge in [-0.25, -0.2) is 0 Å². The summed E-state index contributed by atoms with van der Waals surface area (Å²) >= 11 is 6.16. The molecule has 0 aliphatic carbocycles. The highest BCUT2D eigenvalue weighted by molar-refractivity contribution is 6.31. The molecule has 0 saturated carbocycles. The van der Waals surface area contributed by atoms with Gasteiger partial charge in [0.05, 0.1) is 10.9 Å². The third-order valence-corrected chi connectivity index (χ3v) is 3.33. The molecule has 0 amide bonds. The van der Waals surface area contributed by atoms with E-state index in [9.17, 15) is 0 Å². The average Bonchev–Trinajstić information content (AvgIpc) is 2.46. The van der Waals surface area contributed by atoms with Gasteiger partial charge < -0.3 is 10.6 Å². The van der Waals surface area contributed by atoms with Crippen LogP contribution < -0.4 is 10.6 Å². The molecule has 3 N–H and O–H groups in total. The minimum absolute atomic E-state index is 0.187. The van der Waals surface area contributed by atoms with Gasteiger partial charge in [0.2, 0.25) is 0 Å². The molecule has 0 unspecified atom stereocenters. The molecule has 20 heavy (non-hydrogen) atoms. The van der Waals surface area contributed by atoms with Crippen LogP contribution in [-0.4, -0.2) is 17.4 Å². The highest BCUT2D eigenvalue weighted by Gasteiger charge is 2.10. The Morgan fingerprint density at radius 1 is 1.25 bits per heavy atom. The van der Waals surface area contributed by atoms with Crippen molar-refractivity contribution in [1.29, 1.82) is 5.41 Å². The third kappa shape index (κ3) is 3.96. The molecule has 0 aliphatic heterocycles. The zero-order valence-electron chi connectivity index (χ0n) is 11.1. The molecule has 0 fully saturated rings. The van der Waals surface area contributed by atoms with Gasteiger partial charge in [0.25, 0.3) is 0 Å². The van der Waals surface area contributed by atoms with Crippen molar-refractivity contribution in [3.63, 3.8) is 0 Å². The van der Waals surface area contributed by atoms with Crippen molar-refractivity contribution in [2.24, 2.45) is 5.73 Å². The van der Waals surface area contributed by atoms with Gasteiger partial charge in [0.15, 0.2) is 0 Å². The highest BCUT2D eigenvalue weighted by Crippen LogP contribution is 2.21. The second-order valence-corrected chi connectivity index (χ2v) is 4.91. The second kappa shape index (κ2) is 6.91. The van der Waals surface area contributed by atoms with Crippen LogP contribution in [0.1, 0.15) is 12.0 Å². The maximum absolute atomic E-state index is 7.39. The van der Waals surface area contributed by atoms with Gasteiger partial charge in [0.1, 0.15) is 0 Å². The molecule has 1 heterocycles. The fourth-order valence-corrected chi connectivity index (χ4v) is 2.11. The van der Waals surface area contributed by atoms with Gasteiger partial charge in [-0.3, -0.25) is 10.4 Å². The molecule has 0 radical (unpaired) electrons. The lowest BCUT2D eigenvalue weighted by Crippen LogP contribution is -2.27. The standard InChI is InChI=1S/C15H17ClN4/c16-14-10-19-8-6-12(14)11-20(9-7-15(17)18)13-4-2-1-3-5-13/h1-6,8,10H,7,9,11H2,(H3,17,18). The number of benzene rings is 1. The van der Waals surface area contributed by atoms with Crippen molar-refractivity contribution in [2.75, 3.05) is 11.4 Å². The van der Waals surface area contributed by atoms with Gasteiger partial charge in [-0.05, 0) is 23.8 Å². The number of hydrogen-bond acceptors (Lipinski definition) is 3. The summed E-state index contributed by atoms with van der Waals surface area (Å²) in [5, 5.41) is 8.04.